The zero-order valence-electron chi connectivity index (χ0n) is 31.9. The molecule has 0 saturated carbocycles. The van der Waals surface area contributed by atoms with Crippen LogP contribution in [0.3, 0.4) is 0 Å². The Labute approximate surface area is 312 Å². The van der Waals surface area contributed by atoms with E-state index in [1.165, 1.54) is 32.1 Å². The van der Waals surface area contributed by atoms with E-state index in [1.54, 1.807) is 36.5 Å². The van der Waals surface area contributed by atoms with Gasteiger partial charge in [0.1, 0.15) is 12.7 Å². The average molecular weight is 761 g/mol. The Hall–Kier alpha value is -2.15. The third-order valence-electron chi connectivity index (χ3n) is 8.22. The molecule has 0 fully saturated rings. The van der Waals surface area contributed by atoms with Crippen molar-refractivity contribution >= 4 is 19.8 Å². The van der Waals surface area contributed by atoms with E-state index in [-0.39, 0.29) is 12.8 Å². The molecule has 0 amide bonds. The number of phosphoric acid groups is 1. The molecule has 0 radical (unpaired) electrons. The lowest BCUT2D eigenvalue weighted by Gasteiger charge is -2.20. The van der Waals surface area contributed by atoms with Crippen LogP contribution in [0.5, 0.6) is 0 Å². The van der Waals surface area contributed by atoms with E-state index in [1.807, 2.05) is 6.08 Å². The van der Waals surface area contributed by atoms with E-state index in [9.17, 15) is 34.4 Å². The number of hydrogen-bond acceptors (Lipinski definition) is 11. The topological polar surface area (TPSA) is 189 Å². The smallest absolute Gasteiger partial charge is 0.462 e. The summed E-state index contributed by atoms with van der Waals surface area (Å²) in [6, 6.07) is 0. The fourth-order valence-corrected chi connectivity index (χ4v) is 5.54. The van der Waals surface area contributed by atoms with Crippen LogP contribution in [0, 0.1) is 5.92 Å². The molecule has 0 rings (SSSR count). The quantitative estimate of drug-likeness (QED) is 0.0146. The number of phosphoric ester groups is 1. The van der Waals surface area contributed by atoms with Crippen LogP contribution < -0.4 is 0 Å². The molecule has 0 aromatic heterocycles. The number of aliphatic hydroxyl groups excluding tert-OH is 4. The van der Waals surface area contributed by atoms with Gasteiger partial charge in [0.2, 0.25) is 0 Å². The fourth-order valence-electron chi connectivity index (χ4n) is 4.75. The largest absolute Gasteiger partial charge is 0.472 e. The highest BCUT2D eigenvalue weighted by Crippen LogP contribution is 2.43. The van der Waals surface area contributed by atoms with Crippen molar-refractivity contribution in [2.75, 3.05) is 26.4 Å². The third kappa shape index (κ3) is 32.5. The highest BCUT2D eigenvalue weighted by atomic mass is 31.2. The predicted octanol–water partition coefficient (Wildman–Crippen LogP) is 7.18. The molecular weight excluding hydrogens is 691 g/mol. The maximum atomic E-state index is 12.5. The number of rotatable bonds is 34. The van der Waals surface area contributed by atoms with E-state index in [2.05, 4.69) is 31.4 Å². The van der Waals surface area contributed by atoms with Gasteiger partial charge in [-0.3, -0.25) is 18.6 Å². The molecule has 0 aliphatic rings. The van der Waals surface area contributed by atoms with E-state index in [0.29, 0.717) is 25.7 Å². The molecule has 5 N–H and O–H groups in total. The fraction of sp³-hybridized carbons (Fsp3) is 0.744. The molecule has 0 heterocycles. The van der Waals surface area contributed by atoms with Gasteiger partial charge in [0.05, 0.1) is 32.0 Å². The van der Waals surface area contributed by atoms with Crippen molar-refractivity contribution in [2.45, 2.75) is 154 Å². The van der Waals surface area contributed by atoms with E-state index < -0.39 is 70.6 Å². The van der Waals surface area contributed by atoms with Crippen molar-refractivity contribution in [3.8, 4) is 0 Å². The highest BCUT2D eigenvalue weighted by molar-refractivity contribution is 7.47. The summed E-state index contributed by atoms with van der Waals surface area (Å²) in [6.07, 6.45) is 24.5. The summed E-state index contributed by atoms with van der Waals surface area (Å²) in [5, 5.41) is 38.5. The number of esters is 2. The van der Waals surface area contributed by atoms with Gasteiger partial charge in [-0.05, 0) is 44.4 Å². The standard InChI is InChI=1S/C39H69O12P/c1-4-6-7-8-12-17-23-34(41)24-18-14-15-19-25-35(42)26-21-28-38(44)48-31-37(32-50-52(46,47)49-30-36(43)29-40)51-39(45)27-20-13-10-9-11-16-22-33(3)5-2/h12,14-15,17-19,24-25,33-37,40-43H,4-11,13,16,20-23,26-32H2,1-3H3,(H,46,47)/b15-14+,17-12-,24-18+,25-19-/t33?,34-,35-,36+,37-/m1/s1. The van der Waals surface area contributed by atoms with Gasteiger partial charge < -0.3 is 34.8 Å². The van der Waals surface area contributed by atoms with Crippen LogP contribution in [0.25, 0.3) is 0 Å². The van der Waals surface area contributed by atoms with Gasteiger partial charge in [-0.15, -0.1) is 0 Å². The number of unbranched alkanes of at least 4 members (excludes halogenated alkanes) is 8. The lowest BCUT2D eigenvalue weighted by atomic mass is 10.00. The van der Waals surface area contributed by atoms with Crippen molar-refractivity contribution in [2.24, 2.45) is 5.92 Å². The van der Waals surface area contributed by atoms with Crippen LogP contribution in [-0.4, -0.2) is 88.1 Å². The highest BCUT2D eigenvalue weighted by Gasteiger charge is 2.27. The Bertz CT molecular complexity index is 1060. The summed E-state index contributed by atoms with van der Waals surface area (Å²) >= 11 is 0. The van der Waals surface area contributed by atoms with Gasteiger partial charge in [-0.25, -0.2) is 4.57 Å². The van der Waals surface area contributed by atoms with Crippen LogP contribution in [-0.2, 0) is 32.7 Å². The molecule has 2 unspecified atom stereocenters. The molecular formula is C39H69O12P. The van der Waals surface area contributed by atoms with E-state index in [4.69, 9.17) is 19.1 Å². The maximum absolute atomic E-state index is 12.5. The summed E-state index contributed by atoms with van der Waals surface area (Å²) in [7, 11) is -4.67. The molecule has 0 saturated heterocycles. The molecule has 302 valence electrons. The van der Waals surface area contributed by atoms with Crippen molar-refractivity contribution < 1.29 is 58.0 Å². The molecule has 12 nitrogen and oxygen atoms in total. The van der Waals surface area contributed by atoms with Crippen molar-refractivity contribution in [3.63, 3.8) is 0 Å². The van der Waals surface area contributed by atoms with Crippen molar-refractivity contribution in [3.05, 3.63) is 48.6 Å². The summed E-state index contributed by atoms with van der Waals surface area (Å²) in [5.74, 6) is -0.433. The summed E-state index contributed by atoms with van der Waals surface area (Å²) < 4.78 is 32.4. The summed E-state index contributed by atoms with van der Waals surface area (Å²) in [4.78, 5) is 34.8. The van der Waals surface area contributed by atoms with Crippen LogP contribution >= 0.6 is 7.82 Å². The van der Waals surface area contributed by atoms with Crippen LogP contribution in [0.15, 0.2) is 48.6 Å². The first-order chi connectivity index (χ1) is 24.9. The summed E-state index contributed by atoms with van der Waals surface area (Å²) in [5.41, 5.74) is 0. The number of carbonyl (C=O) groups is 2. The molecule has 13 heteroatoms. The number of allylic oxidation sites excluding steroid dienone is 5. The predicted molar refractivity (Wildman–Crippen MR) is 203 cm³/mol. The molecule has 0 aliphatic heterocycles. The minimum absolute atomic E-state index is 0.0199. The Kier molecular flexibility index (Phi) is 32.0. The van der Waals surface area contributed by atoms with Gasteiger partial charge in [0.15, 0.2) is 6.10 Å². The molecule has 6 atom stereocenters. The first kappa shape index (κ1) is 49.9. The van der Waals surface area contributed by atoms with Crippen molar-refractivity contribution in [1.29, 1.82) is 0 Å². The van der Waals surface area contributed by atoms with E-state index in [0.717, 1.165) is 44.4 Å². The van der Waals surface area contributed by atoms with Gasteiger partial charge >= 0.3 is 19.8 Å². The monoisotopic (exact) mass is 760 g/mol. The SMILES string of the molecule is CCCCC/C=C\C[C@@H](O)/C=C/C=C/C=C\[C@@H](O)CCCC(=O)OC[C@H](COP(=O)(O)OC[C@@H](O)CO)OC(=O)CCCCCCCCC(C)CC. The number of aliphatic hydroxyl groups is 4. The minimum atomic E-state index is -4.67. The molecule has 0 aromatic rings. The Morgan fingerprint density at radius 2 is 1.35 bits per heavy atom. The lowest BCUT2D eigenvalue weighted by molar-refractivity contribution is -0.161. The molecule has 0 aromatic carbocycles. The first-order valence-electron chi connectivity index (χ1n) is 19.2. The van der Waals surface area contributed by atoms with Crippen molar-refractivity contribution in [1.82, 2.24) is 0 Å². The van der Waals surface area contributed by atoms with Gasteiger partial charge in [-0.1, -0.05) is 127 Å². The zero-order valence-corrected chi connectivity index (χ0v) is 32.8. The Morgan fingerprint density at radius 1 is 0.712 bits per heavy atom. The number of carbonyl (C=O) groups excluding carboxylic acids is 2. The maximum Gasteiger partial charge on any atom is 0.472 e. The second kappa shape index (κ2) is 33.4. The Balaban J connectivity index is 4.65. The first-order valence-corrected chi connectivity index (χ1v) is 20.7. The second-order valence-electron chi connectivity index (χ2n) is 13.2. The third-order valence-corrected chi connectivity index (χ3v) is 9.17. The number of ether oxygens (including phenoxy) is 2. The minimum Gasteiger partial charge on any atom is -0.462 e. The molecule has 0 spiro atoms. The van der Waals surface area contributed by atoms with Crippen LogP contribution in [0.1, 0.15) is 130 Å². The second-order valence-corrected chi connectivity index (χ2v) is 14.7. The normalized spacial score (nSPS) is 16.4. The lowest BCUT2D eigenvalue weighted by Crippen LogP contribution is -2.30. The summed E-state index contributed by atoms with van der Waals surface area (Å²) in [6.45, 7) is 4.25. The average Bonchev–Trinajstić information content (AvgIpc) is 3.12. The van der Waals surface area contributed by atoms with Gasteiger partial charge in [0.25, 0.3) is 0 Å². The Morgan fingerprint density at radius 3 is 2.02 bits per heavy atom. The van der Waals surface area contributed by atoms with Gasteiger partial charge in [-0.2, -0.15) is 0 Å². The molecule has 0 aliphatic carbocycles. The van der Waals surface area contributed by atoms with Crippen LogP contribution in [0.2, 0.25) is 0 Å². The molecule has 0 bridgehead atoms. The molecule has 52 heavy (non-hydrogen) atoms. The van der Waals surface area contributed by atoms with E-state index >= 15 is 0 Å². The van der Waals surface area contributed by atoms with Gasteiger partial charge in [0, 0.05) is 12.8 Å². The zero-order chi connectivity index (χ0) is 38.9. The number of hydrogen-bond donors (Lipinski definition) is 5. The van der Waals surface area contributed by atoms with Crippen LogP contribution in [0.4, 0.5) is 0 Å².